The maximum absolute atomic E-state index is 13.5. The molecule has 4 rings (SSSR count). The smallest absolute Gasteiger partial charge is 0.338 e. The first kappa shape index (κ1) is 25.1. The first-order chi connectivity index (χ1) is 16.9. The van der Waals surface area contributed by atoms with Gasteiger partial charge in [0.05, 0.1) is 29.0 Å². The van der Waals surface area contributed by atoms with Gasteiger partial charge < -0.3 is 14.4 Å². The molecule has 3 aromatic rings. The van der Waals surface area contributed by atoms with E-state index in [2.05, 4.69) is 9.89 Å². The van der Waals surface area contributed by atoms with Gasteiger partial charge in [-0.1, -0.05) is 29.5 Å². The van der Waals surface area contributed by atoms with Crippen LogP contribution in [0.1, 0.15) is 36.8 Å². The molecule has 1 unspecified atom stereocenters. The van der Waals surface area contributed by atoms with Crippen molar-refractivity contribution in [1.29, 1.82) is 0 Å². The van der Waals surface area contributed by atoms with Gasteiger partial charge in [-0.2, -0.15) is 0 Å². The van der Waals surface area contributed by atoms with Crippen molar-refractivity contribution in [1.82, 2.24) is 9.47 Å². The van der Waals surface area contributed by atoms with E-state index in [0.29, 0.717) is 27.2 Å². The van der Waals surface area contributed by atoms with Gasteiger partial charge in [-0.3, -0.25) is 9.36 Å². The third kappa shape index (κ3) is 5.63. The molecular weight excluding hydrogens is 482 g/mol. The lowest BCUT2D eigenvalue weighted by molar-refractivity contribution is -0.139. The van der Waals surface area contributed by atoms with Crippen LogP contribution >= 0.6 is 22.7 Å². The van der Waals surface area contributed by atoms with E-state index in [9.17, 15) is 9.59 Å². The van der Waals surface area contributed by atoms with Crippen LogP contribution in [0.2, 0.25) is 0 Å². The Kier molecular flexibility index (Phi) is 8.00. The third-order valence-corrected chi connectivity index (χ3v) is 7.43. The van der Waals surface area contributed by atoms with Gasteiger partial charge in [-0.05, 0) is 69.6 Å². The average molecular weight is 512 g/mol. The third-order valence-electron chi connectivity index (χ3n) is 5.53. The standard InChI is InChI=1S/C26H29N3O4S2/c1-5-32-25(31)22-17(2)27-26-29(23(22)20-8-6-15-34-20)24(30)21(35-26)16-18-9-11-19(12-10-18)33-14-7-13-28(3)4/h6,8-12,15-16,23H,5,7,13-14H2,1-4H3/b21-16-. The second kappa shape index (κ2) is 11.2. The zero-order valence-electron chi connectivity index (χ0n) is 20.3. The Bertz CT molecular complexity index is 1380. The van der Waals surface area contributed by atoms with E-state index >= 15 is 0 Å². The van der Waals surface area contributed by atoms with Gasteiger partial charge >= 0.3 is 5.97 Å². The van der Waals surface area contributed by atoms with Crippen LogP contribution in [0.4, 0.5) is 0 Å². The topological polar surface area (TPSA) is 73.1 Å². The largest absolute Gasteiger partial charge is 0.494 e. The van der Waals surface area contributed by atoms with Gasteiger partial charge in [0.25, 0.3) is 5.56 Å². The van der Waals surface area contributed by atoms with Gasteiger partial charge in [-0.15, -0.1) is 11.3 Å². The summed E-state index contributed by atoms with van der Waals surface area (Å²) in [6.45, 7) is 5.45. The summed E-state index contributed by atoms with van der Waals surface area (Å²) in [6.07, 6.45) is 2.81. The normalized spacial score (nSPS) is 15.8. The Hall–Kier alpha value is -3.01. The molecule has 7 nitrogen and oxygen atoms in total. The molecule has 0 saturated heterocycles. The quantitative estimate of drug-likeness (QED) is 0.326. The molecule has 2 aromatic heterocycles. The van der Waals surface area contributed by atoms with Crippen molar-refractivity contribution in [3.8, 4) is 5.75 Å². The van der Waals surface area contributed by atoms with Gasteiger partial charge in [0, 0.05) is 11.4 Å². The fourth-order valence-electron chi connectivity index (χ4n) is 3.89. The Morgan fingerprint density at radius 1 is 1.23 bits per heavy atom. The molecule has 0 N–H and O–H groups in total. The number of benzene rings is 1. The molecule has 0 bridgehead atoms. The highest BCUT2D eigenvalue weighted by Gasteiger charge is 2.33. The van der Waals surface area contributed by atoms with Gasteiger partial charge in [0.2, 0.25) is 0 Å². The van der Waals surface area contributed by atoms with E-state index in [0.717, 1.165) is 29.2 Å². The number of carbonyl (C=O) groups is 1. The second-order valence-corrected chi connectivity index (χ2v) is 10.4. The van der Waals surface area contributed by atoms with Crippen molar-refractivity contribution in [2.24, 2.45) is 4.99 Å². The number of aromatic nitrogens is 1. The maximum atomic E-state index is 13.5. The van der Waals surface area contributed by atoms with Crippen molar-refractivity contribution in [2.45, 2.75) is 26.3 Å². The number of ether oxygens (including phenoxy) is 2. The first-order valence-corrected chi connectivity index (χ1v) is 13.2. The number of rotatable bonds is 9. The van der Waals surface area contributed by atoms with Crippen molar-refractivity contribution in [3.05, 3.63) is 83.2 Å². The monoisotopic (exact) mass is 511 g/mol. The molecule has 1 aliphatic rings. The van der Waals surface area contributed by atoms with Gasteiger partial charge in [0.15, 0.2) is 4.80 Å². The second-order valence-electron chi connectivity index (χ2n) is 8.39. The highest BCUT2D eigenvalue weighted by molar-refractivity contribution is 7.10. The van der Waals surface area contributed by atoms with Crippen LogP contribution in [0, 0.1) is 0 Å². The number of esters is 1. The summed E-state index contributed by atoms with van der Waals surface area (Å²) in [7, 11) is 4.08. The number of fused-ring (bicyclic) bond motifs is 1. The zero-order chi connectivity index (χ0) is 24.9. The fraction of sp³-hybridized carbons (Fsp3) is 0.346. The van der Waals surface area contributed by atoms with Gasteiger partial charge in [0.1, 0.15) is 11.8 Å². The minimum Gasteiger partial charge on any atom is -0.494 e. The Labute approximate surface area is 212 Å². The van der Waals surface area contributed by atoms with Crippen molar-refractivity contribution >= 4 is 34.7 Å². The molecular formula is C26H29N3O4S2. The lowest BCUT2D eigenvalue weighted by Gasteiger charge is -2.23. The highest BCUT2D eigenvalue weighted by Crippen LogP contribution is 2.33. The number of allylic oxidation sites excluding steroid dienone is 1. The number of nitrogens with zero attached hydrogens (tertiary/aromatic N) is 3. The molecule has 1 aliphatic heterocycles. The van der Waals surface area contributed by atoms with Crippen LogP contribution in [0.3, 0.4) is 0 Å². The Morgan fingerprint density at radius 3 is 2.66 bits per heavy atom. The molecule has 184 valence electrons. The minimum absolute atomic E-state index is 0.175. The van der Waals surface area contributed by atoms with Crippen LogP contribution in [0.5, 0.6) is 5.75 Å². The van der Waals surface area contributed by atoms with Crippen LogP contribution in [0.15, 0.2) is 62.8 Å². The molecule has 35 heavy (non-hydrogen) atoms. The minimum atomic E-state index is -0.551. The molecule has 1 atom stereocenters. The zero-order valence-corrected chi connectivity index (χ0v) is 21.9. The van der Waals surface area contributed by atoms with Crippen molar-refractivity contribution in [3.63, 3.8) is 0 Å². The van der Waals surface area contributed by atoms with E-state index in [1.165, 1.54) is 22.7 Å². The number of carbonyl (C=O) groups excluding carboxylic acids is 1. The summed E-state index contributed by atoms with van der Waals surface area (Å²) in [6, 6.07) is 11.0. The van der Waals surface area contributed by atoms with Crippen molar-refractivity contribution in [2.75, 3.05) is 33.9 Å². The molecule has 9 heteroatoms. The summed E-state index contributed by atoms with van der Waals surface area (Å²) < 4.78 is 13.3. The molecule has 0 aliphatic carbocycles. The molecule has 0 amide bonds. The van der Waals surface area contributed by atoms with E-state index in [-0.39, 0.29) is 12.2 Å². The lowest BCUT2D eigenvalue weighted by atomic mass is 10.0. The van der Waals surface area contributed by atoms with Crippen molar-refractivity contribution < 1.29 is 14.3 Å². The molecule has 0 spiro atoms. The molecule has 0 radical (unpaired) electrons. The van der Waals surface area contributed by atoms with E-state index in [1.54, 1.807) is 18.4 Å². The van der Waals surface area contributed by atoms with E-state index in [4.69, 9.17) is 9.47 Å². The Balaban J connectivity index is 1.67. The number of hydrogen-bond acceptors (Lipinski definition) is 8. The number of thiazole rings is 1. The molecule has 0 fully saturated rings. The summed E-state index contributed by atoms with van der Waals surface area (Å²) in [5.74, 6) is 0.359. The molecule has 3 heterocycles. The lowest BCUT2D eigenvalue weighted by Crippen LogP contribution is -2.39. The first-order valence-electron chi connectivity index (χ1n) is 11.5. The van der Waals surface area contributed by atoms with Crippen LogP contribution < -0.4 is 19.6 Å². The summed E-state index contributed by atoms with van der Waals surface area (Å²) in [5, 5.41) is 1.94. The Morgan fingerprint density at radius 2 is 2.00 bits per heavy atom. The summed E-state index contributed by atoms with van der Waals surface area (Å²) in [4.78, 5) is 34.6. The molecule has 0 saturated carbocycles. The average Bonchev–Trinajstić information content (AvgIpc) is 3.46. The predicted molar refractivity (Wildman–Crippen MR) is 140 cm³/mol. The maximum Gasteiger partial charge on any atom is 0.338 e. The predicted octanol–water partition coefficient (Wildman–Crippen LogP) is 3.19. The van der Waals surface area contributed by atoms with Crippen LogP contribution in [-0.2, 0) is 9.53 Å². The van der Waals surface area contributed by atoms with Gasteiger partial charge in [-0.25, -0.2) is 9.79 Å². The highest BCUT2D eigenvalue weighted by atomic mass is 32.1. The van der Waals surface area contributed by atoms with Crippen LogP contribution in [0.25, 0.3) is 6.08 Å². The molecule has 1 aromatic carbocycles. The van der Waals surface area contributed by atoms with E-state index < -0.39 is 12.0 Å². The summed E-state index contributed by atoms with van der Waals surface area (Å²) in [5.41, 5.74) is 1.70. The number of hydrogen-bond donors (Lipinski definition) is 0. The number of thiophene rings is 1. The SMILES string of the molecule is CCOC(=O)C1=C(C)N=c2s/c(=C\c3ccc(OCCCN(C)C)cc3)c(=O)n2C1c1cccs1. The summed E-state index contributed by atoms with van der Waals surface area (Å²) >= 11 is 2.82. The van der Waals surface area contributed by atoms with Crippen LogP contribution in [-0.4, -0.2) is 49.3 Å². The van der Waals surface area contributed by atoms with E-state index in [1.807, 2.05) is 61.9 Å². The fourth-order valence-corrected chi connectivity index (χ4v) is 5.76.